The van der Waals surface area contributed by atoms with E-state index in [1.807, 2.05) is 29.5 Å². The van der Waals surface area contributed by atoms with E-state index in [1.54, 1.807) is 6.07 Å². The fourth-order valence-electron chi connectivity index (χ4n) is 1.46. The Hall–Kier alpha value is -1.84. The third-order valence-electron chi connectivity index (χ3n) is 2.44. The van der Waals surface area contributed by atoms with Crippen molar-refractivity contribution < 1.29 is 19.5 Å². The van der Waals surface area contributed by atoms with Crippen LogP contribution in [0, 0.1) is 3.57 Å². The predicted octanol–water partition coefficient (Wildman–Crippen LogP) is 1.64. The van der Waals surface area contributed by atoms with Gasteiger partial charge in [0.15, 0.2) is 0 Å². The first kappa shape index (κ1) is 17.2. The van der Waals surface area contributed by atoms with Crippen LogP contribution in [0.15, 0.2) is 18.2 Å². The van der Waals surface area contributed by atoms with Crippen molar-refractivity contribution in [2.75, 3.05) is 18.4 Å². The number of amides is 3. The Morgan fingerprint density at radius 1 is 1.24 bits per heavy atom. The van der Waals surface area contributed by atoms with Crippen LogP contribution in [0.4, 0.5) is 10.5 Å². The zero-order valence-electron chi connectivity index (χ0n) is 11.4. The molecule has 8 heteroatoms. The van der Waals surface area contributed by atoms with Gasteiger partial charge in [-0.15, -0.1) is 0 Å². The number of carboxylic acid groups (broad SMARTS) is 1. The maximum atomic E-state index is 11.7. The molecule has 3 amide bonds. The molecule has 0 heterocycles. The summed E-state index contributed by atoms with van der Waals surface area (Å²) in [6.45, 7) is 2.30. The third kappa shape index (κ3) is 5.98. The topological polar surface area (TPSA) is 108 Å². The van der Waals surface area contributed by atoms with Crippen molar-refractivity contribution >= 4 is 46.2 Å². The average molecular weight is 405 g/mol. The van der Waals surface area contributed by atoms with Gasteiger partial charge in [0.25, 0.3) is 0 Å². The second-order valence-corrected chi connectivity index (χ2v) is 5.40. The third-order valence-corrected chi connectivity index (χ3v) is 3.11. The lowest BCUT2D eigenvalue weighted by molar-refractivity contribution is -0.120. The molecule has 21 heavy (non-hydrogen) atoms. The normalized spacial score (nSPS) is 9.81. The van der Waals surface area contributed by atoms with Gasteiger partial charge < -0.3 is 21.1 Å². The maximum Gasteiger partial charge on any atom is 0.337 e. The molecule has 0 bridgehead atoms. The van der Waals surface area contributed by atoms with Crippen molar-refractivity contribution in [2.45, 2.75) is 13.3 Å². The largest absolute Gasteiger partial charge is 0.478 e. The summed E-state index contributed by atoms with van der Waals surface area (Å²) < 4.78 is 0.745. The van der Waals surface area contributed by atoms with E-state index in [0.717, 1.165) is 9.99 Å². The lowest BCUT2D eigenvalue weighted by Crippen LogP contribution is -2.39. The van der Waals surface area contributed by atoms with Crippen molar-refractivity contribution in [3.8, 4) is 0 Å². The van der Waals surface area contributed by atoms with Crippen LogP contribution in [-0.2, 0) is 4.79 Å². The van der Waals surface area contributed by atoms with Crippen molar-refractivity contribution in [2.24, 2.45) is 0 Å². The molecule has 0 radical (unpaired) electrons. The summed E-state index contributed by atoms with van der Waals surface area (Å²) >= 11 is 1.98. The van der Waals surface area contributed by atoms with E-state index < -0.39 is 12.0 Å². The molecule has 114 valence electrons. The van der Waals surface area contributed by atoms with Gasteiger partial charge in [0.2, 0.25) is 5.91 Å². The summed E-state index contributed by atoms with van der Waals surface area (Å²) in [6, 6.07) is 4.00. The summed E-state index contributed by atoms with van der Waals surface area (Å²) in [4.78, 5) is 34.1. The first-order valence-corrected chi connectivity index (χ1v) is 7.36. The number of halogens is 1. The van der Waals surface area contributed by atoms with Crippen LogP contribution in [-0.4, -0.2) is 36.1 Å². The summed E-state index contributed by atoms with van der Waals surface area (Å²) in [5.74, 6) is -1.43. The molecular weight excluding hydrogens is 389 g/mol. The molecule has 0 aliphatic carbocycles. The second-order valence-electron chi connectivity index (χ2n) is 4.15. The van der Waals surface area contributed by atoms with E-state index in [0.29, 0.717) is 6.54 Å². The van der Waals surface area contributed by atoms with Crippen molar-refractivity contribution in [3.05, 3.63) is 27.3 Å². The molecule has 0 fully saturated rings. The number of benzene rings is 1. The number of carbonyl (C=O) groups excluding carboxylic acids is 2. The Kier molecular flexibility index (Phi) is 6.92. The number of hydrogen-bond donors (Lipinski definition) is 4. The van der Waals surface area contributed by atoms with Gasteiger partial charge in [-0.25, -0.2) is 9.59 Å². The Bertz CT molecular complexity index is 548. The number of hydrogen-bond acceptors (Lipinski definition) is 3. The van der Waals surface area contributed by atoms with Gasteiger partial charge >= 0.3 is 12.0 Å². The van der Waals surface area contributed by atoms with Crippen LogP contribution in [0.5, 0.6) is 0 Å². The molecule has 1 aromatic carbocycles. The molecule has 0 aromatic heterocycles. The fourth-order valence-corrected chi connectivity index (χ4v) is 1.95. The molecule has 4 N–H and O–H groups in total. The SMILES string of the molecule is CCCNC(=O)CNC(=O)Nc1ccc(I)cc1C(=O)O. The number of carboxylic acids is 1. The molecule has 0 unspecified atom stereocenters. The lowest BCUT2D eigenvalue weighted by Gasteiger charge is -2.10. The fraction of sp³-hybridized carbons (Fsp3) is 0.308. The second kappa shape index (κ2) is 8.45. The van der Waals surface area contributed by atoms with E-state index in [-0.39, 0.29) is 23.7 Å². The molecule has 1 aromatic rings. The van der Waals surface area contributed by atoms with Crippen LogP contribution < -0.4 is 16.0 Å². The minimum atomic E-state index is -1.13. The number of anilines is 1. The predicted molar refractivity (Wildman–Crippen MR) is 86.4 cm³/mol. The molecule has 0 saturated carbocycles. The molecule has 0 aliphatic heterocycles. The van der Waals surface area contributed by atoms with Crippen molar-refractivity contribution in [1.29, 1.82) is 0 Å². The van der Waals surface area contributed by atoms with Gasteiger partial charge in [-0.3, -0.25) is 4.79 Å². The highest BCUT2D eigenvalue weighted by Crippen LogP contribution is 2.18. The van der Waals surface area contributed by atoms with E-state index in [2.05, 4.69) is 16.0 Å². The van der Waals surface area contributed by atoms with Crippen LogP contribution in [0.2, 0.25) is 0 Å². The Labute approximate surface area is 135 Å². The highest BCUT2D eigenvalue weighted by Gasteiger charge is 2.13. The molecule has 0 spiro atoms. The number of rotatable bonds is 6. The van der Waals surface area contributed by atoms with E-state index >= 15 is 0 Å². The number of aromatic carboxylic acids is 1. The van der Waals surface area contributed by atoms with Crippen LogP contribution in [0.1, 0.15) is 23.7 Å². The molecule has 0 saturated heterocycles. The summed E-state index contributed by atoms with van der Waals surface area (Å²) in [5, 5.41) is 16.5. The Morgan fingerprint density at radius 2 is 1.95 bits per heavy atom. The first-order chi connectivity index (χ1) is 9.93. The molecule has 1 rings (SSSR count). The van der Waals surface area contributed by atoms with Gasteiger partial charge in [0, 0.05) is 10.1 Å². The quantitative estimate of drug-likeness (QED) is 0.540. The molecule has 0 atom stereocenters. The van der Waals surface area contributed by atoms with Crippen molar-refractivity contribution in [3.63, 3.8) is 0 Å². The smallest absolute Gasteiger partial charge is 0.337 e. The van der Waals surface area contributed by atoms with Gasteiger partial charge in [-0.05, 0) is 47.2 Å². The van der Waals surface area contributed by atoms with Crippen LogP contribution >= 0.6 is 22.6 Å². The average Bonchev–Trinajstić information content (AvgIpc) is 2.44. The van der Waals surface area contributed by atoms with E-state index in [4.69, 9.17) is 5.11 Å². The molecular formula is C13H16IN3O4. The first-order valence-electron chi connectivity index (χ1n) is 6.28. The highest BCUT2D eigenvalue weighted by molar-refractivity contribution is 14.1. The number of urea groups is 1. The highest BCUT2D eigenvalue weighted by atomic mass is 127. The van der Waals surface area contributed by atoms with Crippen molar-refractivity contribution in [1.82, 2.24) is 10.6 Å². The zero-order chi connectivity index (χ0) is 15.8. The van der Waals surface area contributed by atoms with Gasteiger partial charge in [0.1, 0.15) is 0 Å². The van der Waals surface area contributed by atoms with E-state index in [1.165, 1.54) is 12.1 Å². The lowest BCUT2D eigenvalue weighted by atomic mass is 10.2. The minimum absolute atomic E-state index is 0.00696. The van der Waals surface area contributed by atoms with Gasteiger partial charge in [0.05, 0.1) is 17.8 Å². The molecule has 7 nitrogen and oxygen atoms in total. The zero-order valence-corrected chi connectivity index (χ0v) is 13.6. The monoisotopic (exact) mass is 405 g/mol. The van der Waals surface area contributed by atoms with E-state index in [9.17, 15) is 14.4 Å². The number of carbonyl (C=O) groups is 3. The summed E-state index contributed by atoms with van der Waals surface area (Å²) in [6.07, 6.45) is 0.808. The van der Waals surface area contributed by atoms with Gasteiger partial charge in [-0.2, -0.15) is 0 Å². The maximum absolute atomic E-state index is 11.7. The van der Waals surface area contributed by atoms with Crippen LogP contribution in [0.3, 0.4) is 0 Å². The Balaban J connectivity index is 2.59. The number of nitrogens with one attached hydrogen (secondary N) is 3. The van der Waals surface area contributed by atoms with Crippen LogP contribution in [0.25, 0.3) is 0 Å². The van der Waals surface area contributed by atoms with Gasteiger partial charge in [-0.1, -0.05) is 6.92 Å². The standard InChI is InChI=1S/C13H16IN3O4/c1-2-5-15-11(18)7-16-13(21)17-10-4-3-8(14)6-9(10)12(19)20/h3-4,6H,2,5,7H2,1H3,(H,15,18)(H,19,20)(H2,16,17,21). The Morgan fingerprint density at radius 3 is 2.57 bits per heavy atom. The minimum Gasteiger partial charge on any atom is -0.478 e. The summed E-state index contributed by atoms with van der Waals surface area (Å²) in [7, 11) is 0. The summed E-state index contributed by atoms with van der Waals surface area (Å²) in [5.41, 5.74) is 0.168. The molecule has 0 aliphatic rings.